The maximum atomic E-state index is 5.42. The van der Waals surface area contributed by atoms with Gasteiger partial charge in [0.2, 0.25) is 0 Å². The van der Waals surface area contributed by atoms with E-state index in [0.717, 1.165) is 18.8 Å². The Morgan fingerprint density at radius 1 is 0.241 bits per heavy atom. The molecule has 0 N–H and O–H groups in total. The second-order valence-corrected chi connectivity index (χ2v) is 13.8. The van der Waals surface area contributed by atoms with Gasteiger partial charge < -0.3 is 4.74 Å². The van der Waals surface area contributed by atoms with E-state index >= 15 is 0 Å². The second kappa shape index (κ2) is 33.7. The van der Waals surface area contributed by atoms with Crippen LogP contribution in [0.5, 0.6) is 5.75 Å². The lowest BCUT2D eigenvalue weighted by Gasteiger charge is -2.15. The van der Waals surface area contributed by atoms with E-state index in [1.54, 1.807) is 44.5 Å². The highest BCUT2D eigenvalue weighted by Gasteiger charge is 2.10. The Bertz CT molecular complexity index is 1480. The summed E-state index contributed by atoms with van der Waals surface area (Å²) in [6.07, 6.45) is 21.0. The van der Waals surface area contributed by atoms with Crippen molar-refractivity contribution in [3.05, 3.63) is 237 Å². The van der Waals surface area contributed by atoms with Crippen molar-refractivity contribution in [2.24, 2.45) is 0 Å². The minimum Gasteiger partial charge on any atom is -0.493 e. The zero-order valence-corrected chi connectivity index (χ0v) is 36.0. The highest BCUT2D eigenvalue weighted by Crippen LogP contribution is 2.24. The van der Waals surface area contributed by atoms with Crippen LogP contribution in [0.3, 0.4) is 0 Å². The first-order valence-corrected chi connectivity index (χ1v) is 21.3. The van der Waals surface area contributed by atoms with Gasteiger partial charge in [-0.1, -0.05) is 115 Å². The number of para-hydroxylation sites is 1. The third-order valence-electron chi connectivity index (χ3n) is 10.4. The summed E-state index contributed by atoms with van der Waals surface area (Å²) in [7, 11) is 0. The Morgan fingerprint density at radius 3 is 0.707 bits per heavy atom. The first-order valence-electron chi connectivity index (χ1n) is 21.3. The summed E-state index contributed by atoms with van der Waals surface area (Å²) in [5.41, 5.74) is 13.9. The average molecular weight is 775 g/mol. The molecule has 308 valence electrons. The summed E-state index contributed by atoms with van der Waals surface area (Å²) in [6, 6.07) is 43.3. The summed E-state index contributed by atoms with van der Waals surface area (Å²) in [6.45, 7) is 30.9. The van der Waals surface area contributed by atoms with Crippen molar-refractivity contribution in [1.29, 1.82) is 0 Å². The van der Waals surface area contributed by atoms with Gasteiger partial charge in [0.05, 0.1) is 6.61 Å². The van der Waals surface area contributed by atoms with E-state index in [4.69, 9.17) is 4.74 Å². The molecule has 0 amide bonds. The molecule has 5 aromatic carbocycles. The molecular formula is C57H74O. The molecular weight excluding hydrogens is 701 g/mol. The van der Waals surface area contributed by atoms with Crippen LogP contribution in [-0.4, -0.2) is 6.61 Å². The number of benzene rings is 5. The van der Waals surface area contributed by atoms with Crippen LogP contribution in [0.2, 0.25) is 0 Å². The summed E-state index contributed by atoms with van der Waals surface area (Å²) in [5.74, 6) is 1.08. The third kappa shape index (κ3) is 18.2. The van der Waals surface area contributed by atoms with E-state index in [1.807, 2.05) is 12.1 Å². The molecule has 0 saturated heterocycles. The summed E-state index contributed by atoms with van der Waals surface area (Å²) < 4.78 is 5.42. The van der Waals surface area contributed by atoms with Crippen LogP contribution >= 0.6 is 0 Å². The Kier molecular flexibility index (Phi) is 29.4. The topological polar surface area (TPSA) is 9.23 Å². The number of hydrogen-bond donors (Lipinski definition) is 0. The average Bonchev–Trinajstić information content (AvgIpc) is 4.04. The maximum Gasteiger partial charge on any atom is 0.122 e. The SMILES string of the molecule is C=C.C=C.C=C.C=C.C=C.c1ccc2c(c1)CCC2.c1ccc2c(c1)CCC2.c1ccc2c(c1)CCCC2.c1ccc2c(c1)CCCC2.c1ccc2c(c1)CCCO2. The maximum absolute atomic E-state index is 5.42. The van der Waals surface area contributed by atoms with Crippen molar-refractivity contribution in [3.8, 4) is 5.75 Å². The fourth-order valence-electron chi connectivity index (χ4n) is 7.68. The Morgan fingerprint density at radius 2 is 0.448 bits per heavy atom. The monoisotopic (exact) mass is 775 g/mol. The van der Waals surface area contributed by atoms with Gasteiger partial charge in [0.15, 0.2) is 0 Å². The van der Waals surface area contributed by atoms with Gasteiger partial charge in [0, 0.05) is 0 Å². The number of aryl methyl sites for hydroxylation is 9. The molecule has 0 unspecified atom stereocenters. The van der Waals surface area contributed by atoms with Crippen molar-refractivity contribution in [3.63, 3.8) is 0 Å². The largest absolute Gasteiger partial charge is 0.493 e. The van der Waals surface area contributed by atoms with Gasteiger partial charge >= 0.3 is 0 Å². The fourth-order valence-corrected chi connectivity index (χ4v) is 7.68. The molecule has 1 aliphatic heterocycles. The number of rotatable bonds is 0. The summed E-state index contributed by atoms with van der Waals surface area (Å²) in [5, 5.41) is 0. The van der Waals surface area contributed by atoms with Gasteiger partial charge in [-0.2, -0.15) is 0 Å². The van der Waals surface area contributed by atoms with E-state index in [2.05, 4.69) is 175 Å². The number of hydrogen-bond acceptors (Lipinski definition) is 1. The zero-order valence-electron chi connectivity index (χ0n) is 36.0. The molecule has 10 rings (SSSR count). The van der Waals surface area contributed by atoms with Crippen LogP contribution < -0.4 is 4.74 Å². The van der Waals surface area contributed by atoms with Crippen molar-refractivity contribution >= 4 is 0 Å². The predicted octanol–water partition coefficient (Wildman–Crippen LogP) is 15.5. The molecule has 0 aromatic heterocycles. The molecule has 0 atom stereocenters. The molecule has 0 bridgehead atoms. The van der Waals surface area contributed by atoms with Gasteiger partial charge in [-0.25, -0.2) is 0 Å². The normalized spacial score (nSPS) is 13.5. The Hall–Kier alpha value is -5.40. The van der Waals surface area contributed by atoms with Gasteiger partial charge in [-0.05, 0) is 159 Å². The van der Waals surface area contributed by atoms with Crippen molar-refractivity contribution in [2.75, 3.05) is 6.61 Å². The predicted molar refractivity (Wildman–Crippen MR) is 260 cm³/mol. The van der Waals surface area contributed by atoms with E-state index in [9.17, 15) is 0 Å². The summed E-state index contributed by atoms with van der Waals surface area (Å²) in [4.78, 5) is 0. The van der Waals surface area contributed by atoms with Crippen molar-refractivity contribution in [1.82, 2.24) is 0 Å². The molecule has 5 aliphatic rings. The van der Waals surface area contributed by atoms with Gasteiger partial charge in [-0.3, -0.25) is 0 Å². The van der Waals surface area contributed by atoms with Crippen LogP contribution in [-0.2, 0) is 57.8 Å². The third-order valence-corrected chi connectivity index (χ3v) is 10.4. The fraction of sp³-hybridized carbons (Fsp3) is 0.298. The molecule has 5 aromatic rings. The first kappa shape index (κ1) is 50.6. The minimum absolute atomic E-state index is 0.886. The van der Waals surface area contributed by atoms with Gasteiger partial charge in [-0.15, -0.1) is 65.8 Å². The zero-order chi connectivity index (χ0) is 42.6. The van der Waals surface area contributed by atoms with Crippen LogP contribution in [0.25, 0.3) is 0 Å². The van der Waals surface area contributed by atoms with Crippen LogP contribution in [0.15, 0.2) is 187 Å². The molecule has 4 aliphatic carbocycles. The van der Waals surface area contributed by atoms with Crippen molar-refractivity contribution < 1.29 is 4.74 Å². The van der Waals surface area contributed by atoms with Gasteiger partial charge in [0.25, 0.3) is 0 Å². The Balaban J connectivity index is 0.000000344. The van der Waals surface area contributed by atoms with E-state index in [1.165, 1.54) is 102 Å². The molecule has 0 spiro atoms. The quantitative estimate of drug-likeness (QED) is 0.142. The van der Waals surface area contributed by atoms with Crippen LogP contribution in [0.4, 0.5) is 0 Å². The van der Waals surface area contributed by atoms with Crippen LogP contribution in [0.1, 0.15) is 95.0 Å². The minimum atomic E-state index is 0.886. The highest BCUT2D eigenvalue weighted by molar-refractivity contribution is 5.35. The number of ether oxygens (including phenoxy) is 1. The standard InChI is InChI=1S/2C10H12.C9H10O.2C9H10.5C2H4/c2*1-2-6-10-8-4-3-7-9(10)5-1;1-2-6-9-8(4-1)5-3-7-10-9;2*1-2-5-9-7-3-6-8(9)4-1;5*1-2/h2*1-2,5-6H,3-4,7-8H2;1-2,4,6H,3,5,7H2;2*1-2,4-5H,3,6-7H2;5*1-2H2. The van der Waals surface area contributed by atoms with Crippen LogP contribution in [0, 0.1) is 0 Å². The Labute approximate surface area is 355 Å². The second-order valence-electron chi connectivity index (χ2n) is 13.8. The summed E-state index contributed by atoms with van der Waals surface area (Å²) >= 11 is 0. The smallest absolute Gasteiger partial charge is 0.122 e. The van der Waals surface area contributed by atoms with Gasteiger partial charge in [0.1, 0.15) is 5.75 Å². The highest BCUT2D eigenvalue weighted by atomic mass is 16.5. The lowest BCUT2D eigenvalue weighted by molar-refractivity contribution is 0.288. The first-order chi connectivity index (χ1) is 28.8. The molecule has 1 nitrogen and oxygen atoms in total. The van der Waals surface area contributed by atoms with Crippen molar-refractivity contribution in [2.45, 2.75) is 103 Å². The molecule has 58 heavy (non-hydrogen) atoms. The van der Waals surface area contributed by atoms with E-state index in [-0.39, 0.29) is 0 Å². The van der Waals surface area contributed by atoms with E-state index < -0.39 is 0 Å². The van der Waals surface area contributed by atoms with E-state index in [0.29, 0.717) is 0 Å². The lowest BCUT2D eigenvalue weighted by atomic mass is 9.92. The molecule has 1 heterocycles. The lowest BCUT2D eigenvalue weighted by Crippen LogP contribution is -2.07. The molecule has 0 fully saturated rings. The number of fused-ring (bicyclic) bond motifs is 5. The molecule has 0 radical (unpaired) electrons. The molecule has 1 heteroatoms. The molecule has 0 saturated carbocycles.